The van der Waals surface area contributed by atoms with Crippen LogP contribution in [0.3, 0.4) is 0 Å². The number of aliphatic hydroxyl groups excluding tert-OH is 1. The van der Waals surface area contributed by atoms with Crippen molar-refractivity contribution in [1.29, 1.82) is 0 Å². The predicted molar refractivity (Wildman–Crippen MR) is 120 cm³/mol. The minimum atomic E-state index is -0.156. The fraction of sp³-hybridized carbons (Fsp3) is 0.704. The molecule has 3 aliphatic carbocycles. The van der Waals surface area contributed by atoms with E-state index in [0.29, 0.717) is 5.75 Å². The Morgan fingerprint density at radius 1 is 1.14 bits per heavy atom. The Bertz CT molecular complexity index is 807. The number of rotatable bonds is 6. The van der Waals surface area contributed by atoms with Gasteiger partial charge in [-0.15, -0.1) is 0 Å². The monoisotopic (exact) mass is 396 g/mol. The van der Waals surface area contributed by atoms with Crippen molar-refractivity contribution in [3.05, 3.63) is 40.0 Å². The van der Waals surface area contributed by atoms with Crippen LogP contribution in [0.25, 0.3) is 0 Å². The maximum atomic E-state index is 10.7. The minimum absolute atomic E-state index is 0.131. The van der Waals surface area contributed by atoms with E-state index in [1.165, 1.54) is 49.7 Å². The highest BCUT2D eigenvalue weighted by molar-refractivity contribution is 5.56. The summed E-state index contributed by atoms with van der Waals surface area (Å²) in [7, 11) is 0. The average Bonchev–Trinajstić information content (AvgIpc) is 3.06. The number of aromatic hydroxyl groups is 1. The first-order valence-corrected chi connectivity index (χ1v) is 12.1. The van der Waals surface area contributed by atoms with Crippen molar-refractivity contribution in [1.82, 2.24) is 0 Å². The second-order valence-corrected chi connectivity index (χ2v) is 10.4. The molecule has 4 unspecified atom stereocenters. The second-order valence-electron chi connectivity index (χ2n) is 10.4. The van der Waals surface area contributed by atoms with Gasteiger partial charge in [0.1, 0.15) is 5.75 Å². The summed E-state index contributed by atoms with van der Waals surface area (Å²) < 4.78 is 0. The standard InChI is InChI=1S/C27H40O2/c1-5-18(3)8-7-13-26-14-15-27(6-2)22-11-12-25(29)19(4)21(22)9-10-23(27)24(26)16-20(28)17-26/h11-12,18,20,28-29H,5-10,13-17H2,1-4H3. The van der Waals surface area contributed by atoms with Crippen molar-refractivity contribution in [2.75, 3.05) is 0 Å². The summed E-state index contributed by atoms with van der Waals surface area (Å²) >= 11 is 0. The fourth-order valence-corrected chi connectivity index (χ4v) is 7.09. The number of hydrogen-bond donors (Lipinski definition) is 2. The van der Waals surface area contributed by atoms with Gasteiger partial charge >= 0.3 is 0 Å². The fourth-order valence-electron chi connectivity index (χ4n) is 7.09. The third-order valence-corrected chi connectivity index (χ3v) is 9.04. The van der Waals surface area contributed by atoms with Gasteiger partial charge in [-0.2, -0.15) is 0 Å². The molecule has 1 aromatic rings. The summed E-state index contributed by atoms with van der Waals surface area (Å²) in [6, 6.07) is 4.12. The lowest BCUT2D eigenvalue weighted by Crippen LogP contribution is -2.41. The molecular weight excluding hydrogens is 356 g/mol. The van der Waals surface area contributed by atoms with E-state index < -0.39 is 0 Å². The van der Waals surface area contributed by atoms with E-state index in [9.17, 15) is 10.2 Å². The summed E-state index contributed by atoms with van der Waals surface area (Å²) in [5.41, 5.74) is 7.63. The van der Waals surface area contributed by atoms with Crippen molar-refractivity contribution in [2.24, 2.45) is 11.3 Å². The van der Waals surface area contributed by atoms with Crippen LogP contribution in [0.2, 0.25) is 0 Å². The Hall–Kier alpha value is -1.28. The Morgan fingerprint density at radius 2 is 1.93 bits per heavy atom. The molecule has 1 fully saturated rings. The maximum absolute atomic E-state index is 10.7. The Kier molecular flexibility index (Phi) is 5.61. The summed E-state index contributed by atoms with van der Waals surface area (Å²) in [5.74, 6) is 1.25. The van der Waals surface area contributed by atoms with Crippen LogP contribution in [0.15, 0.2) is 23.3 Å². The number of phenolic OH excluding ortho intramolecular Hbond substituents is 1. The van der Waals surface area contributed by atoms with Crippen LogP contribution >= 0.6 is 0 Å². The number of allylic oxidation sites excluding steroid dienone is 1. The van der Waals surface area contributed by atoms with E-state index in [1.54, 1.807) is 11.1 Å². The van der Waals surface area contributed by atoms with Crippen LogP contribution < -0.4 is 0 Å². The normalized spacial score (nSPS) is 32.0. The van der Waals surface area contributed by atoms with Gasteiger partial charge in [-0.3, -0.25) is 0 Å². The van der Waals surface area contributed by atoms with E-state index in [4.69, 9.17) is 0 Å². The smallest absolute Gasteiger partial charge is 0.118 e. The van der Waals surface area contributed by atoms with Crippen LogP contribution in [-0.2, 0) is 11.8 Å². The highest BCUT2D eigenvalue weighted by Crippen LogP contribution is 2.63. The lowest BCUT2D eigenvalue weighted by Gasteiger charge is -2.51. The molecular formula is C27H40O2. The molecule has 0 radical (unpaired) electrons. The summed E-state index contributed by atoms with van der Waals surface area (Å²) in [5, 5.41) is 21.0. The lowest BCUT2D eigenvalue weighted by molar-refractivity contribution is 0.140. The molecule has 0 aliphatic heterocycles. The molecule has 4 rings (SSSR count). The number of aliphatic hydroxyl groups is 1. The maximum Gasteiger partial charge on any atom is 0.118 e. The van der Waals surface area contributed by atoms with Crippen molar-refractivity contribution in [3.8, 4) is 5.75 Å². The third kappa shape index (κ3) is 3.26. The molecule has 0 spiro atoms. The Labute approximate surface area is 177 Å². The van der Waals surface area contributed by atoms with E-state index >= 15 is 0 Å². The number of phenols is 1. The van der Waals surface area contributed by atoms with Crippen LogP contribution in [0.4, 0.5) is 0 Å². The lowest BCUT2D eigenvalue weighted by atomic mass is 9.53. The molecule has 160 valence electrons. The molecule has 2 N–H and O–H groups in total. The molecule has 1 saturated carbocycles. The van der Waals surface area contributed by atoms with Gasteiger partial charge in [-0.05, 0) is 92.4 Å². The highest BCUT2D eigenvalue weighted by Gasteiger charge is 2.53. The minimum Gasteiger partial charge on any atom is -0.508 e. The molecule has 0 saturated heterocycles. The van der Waals surface area contributed by atoms with Gasteiger partial charge in [0.15, 0.2) is 0 Å². The van der Waals surface area contributed by atoms with Crippen molar-refractivity contribution < 1.29 is 10.2 Å². The molecule has 0 amide bonds. The van der Waals surface area contributed by atoms with Gasteiger partial charge in [-0.25, -0.2) is 0 Å². The first-order valence-electron chi connectivity index (χ1n) is 12.1. The summed E-state index contributed by atoms with van der Waals surface area (Å²) in [6.45, 7) is 9.10. The molecule has 2 heteroatoms. The van der Waals surface area contributed by atoms with Crippen molar-refractivity contribution >= 4 is 0 Å². The largest absolute Gasteiger partial charge is 0.508 e. The SMILES string of the molecule is CCC(C)CCCC12CCC3(CC)C(=C1CC(O)C2)CCc1c3ccc(O)c1C. The zero-order chi connectivity index (χ0) is 20.8. The van der Waals surface area contributed by atoms with Crippen molar-refractivity contribution in [3.63, 3.8) is 0 Å². The van der Waals surface area contributed by atoms with E-state index in [0.717, 1.165) is 43.6 Å². The number of hydrogen-bond acceptors (Lipinski definition) is 2. The predicted octanol–water partition coefficient (Wildman–Crippen LogP) is 6.74. The van der Waals surface area contributed by atoms with Gasteiger partial charge in [0.05, 0.1) is 6.10 Å². The first kappa shape index (κ1) is 21.0. The average molecular weight is 397 g/mol. The van der Waals surface area contributed by atoms with Crippen LogP contribution in [0.1, 0.15) is 102 Å². The molecule has 4 atom stereocenters. The van der Waals surface area contributed by atoms with Gasteiger partial charge < -0.3 is 10.2 Å². The summed E-state index contributed by atoms with van der Waals surface area (Å²) in [4.78, 5) is 0. The van der Waals surface area contributed by atoms with Crippen LogP contribution in [0.5, 0.6) is 5.75 Å². The third-order valence-electron chi connectivity index (χ3n) is 9.04. The summed E-state index contributed by atoms with van der Waals surface area (Å²) in [6.07, 6.45) is 12.6. The second kappa shape index (κ2) is 7.76. The quantitative estimate of drug-likeness (QED) is 0.523. The molecule has 1 aromatic carbocycles. The van der Waals surface area contributed by atoms with Gasteiger partial charge in [-0.1, -0.05) is 57.2 Å². The van der Waals surface area contributed by atoms with E-state index in [-0.39, 0.29) is 16.9 Å². The zero-order valence-corrected chi connectivity index (χ0v) is 19.0. The van der Waals surface area contributed by atoms with Crippen LogP contribution in [-0.4, -0.2) is 16.3 Å². The molecule has 0 aromatic heterocycles. The zero-order valence-electron chi connectivity index (χ0n) is 19.0. The first-order chi connectivity index (χ1) is 13.9. The Morgan fingerprint density at radius 3 is 2.66 bits per heavy atom. The topological polar surface area (TPSA) is 40.5 Å². The van der Waals surface area contributed by atoms with Gasteiger partial charge in [0.2, 0.25) is 0 Å². The van der Waals surface area contributed by atoms with E-state index in [2.05, 4.69) is 33.8 Å². The van der Waals surface area contributed by atoms with Gasteiger partial charge in [0, 0.05) is 5.41 Å². The van der Waals surface area contributed by atoms with Crippen LogP contribution in [0, 0.1) is 18.3 Å². The number of fused-ring (bicyclic) bond motifs is 4. The molecule has 2 nitrogen and oxygen atoms in total. The molecule has 3 aliphatic rings. The van der Waals surface area contributed by atoms with Crippen molar-refractivity contribution in [2.45, 2.75) is 110 Å². The molecule has 0 heterocycles. The van der Waals surface area contributed by atoms with Gasteiger partial charge in [0.25, 0.3) is 0 Å². The highest BCUT2D eigenvalue weighted by atomic mass is 16.3. The number of benzene rings is 1. The Balaban J connectivity index is 1.75. The van der Waals surface area contributed by atoms with E-state index in [1.807, 2.05) is 6.07 Å². The molecule has 0 bridgehead atoms. The molecule has 29 heavy (non-hydrogen) atoms.